The molecule has 2 aliphatic rings. The number of ether oxygens (including phenoxy) is 1. The predicted molar refractivity (Wildman–Crippen MR) is 82.6 cm³/mol. The zero-order valence-corrected chi connectivity index (χ0v) is 14.0. The summed E-state index contributed by atoms with van der Waals surface area (Å²) in [6.07, 6.45) is -0.386. The SMILES string of the molecule is CN1CCn2nc(C(=O)N3CCOC(c4nnnn4C)C3)cc2C1=O. The third-order valence-electron chi connectivity index (χ3n) is 4.51. The van der Waals surface area contributed by atoms with Gasteiger partial charge < -0.3 is 14.5 Å². The molecule has 1 unspecified atom stereocenters. The minimum atomic E-state index is -0.386. The molecule has 2 aromatic rings. The van der Waals surface area contributed by atoms with E-state index in [-0.39, 0.29) is 23.6 Å². The Morgan fingerprint density at radius 2 is 2.12 bits per heavy atom. The van der Waals surface area contributed by atoms with Crippen molar-refractivity contribution < 1.29 is 14.3 Å². The molecule has 2 amide bonds. The number of hydrogen-bond donors (Lipinski definition) is 0. The van der Waals surface area contributed by atoms with Crippen molar-refractivity contribution in [2.24, 2.45) is 7.05 Å². The molecule has 25 heavy (non-hydrogen) atoms. The number of carbonyl (C=O) groups is 2. The molecule has 0 N–H and O–H groups in total. The highest BCUT2D eigenvalue weighted by atomic mass is 16.5. The molecular formula is C14H18N8O3. The Labute approximate surface area is 143 Å². The first-order valence-corrected chi connectivity index (χ1v) is 8.01. The van der Waals surface area contributed by atoms with Gasteiger partial charge in [-0.25, -0.2) is 4.68 Å². The van der Waals surface area contributed by atoms with Crippen LogP contribution in [0.15, 0.2) is 6.07 Å². The molecule has 1 saturated heterocycles. The summed E-state index contributed by atoms with van der Waals surface area (Å²) in [7, 11) is 3.47. The van der Waals surface area contributed by atoms with Crippen LogP contribution in [0, 0.1) is 0 Å². The fourth-order valence-corrected chi connectivity index (χ4v) is 3.07. The molecule has 2 aromatic heterocycles. The van der Waals surface area contributed by atoms with Crippen LogP contribution in [0.1, 0.15) is 32.9 Å². The monoisotopic (exact) mass is 346 g/mol. The summed E-state index contributed by atoms with van der Waals surface area (Å²) in [5.74, 6) is 0.224. The summed E-state index contributed by atoms with van der Waals surface area (Å²) in [6.45, 7) is 2.35. The lowest BCUT2D eigenvalue weighted by molar-refractivity contribution is -0.0286. The molecular weight excluding hydrogens is 328 g/mol. The van der Waals surface area contributed by atoms with Crippen LogP contribution in [0.4, 0.5) is 0 Å². The summed E-state index contributed by atoms with van der Waals surface area (Å²) in [6, 6.07) is 1.56. The number of aromatic nitrogens is 6. The normalized spacial score (nSPS) is 20.7. The molecule has 0 aromatic carbocycles. The fraction of sp³-hybridized carbons (Fsp3) is 0.571. The Balaban J connectivity index is 1.54. The Hall–Kier alpha value is -2.82. The molecule has 0 aliphatic carbocycles. The van der Waals surface area contributed by atoms with Gasteiger partial charge in [-0.15, -0.1) is 5.10 Å². The van der Waals surface area contributed by atoms with Crippen molar-refractivity contribution in [3.63, 3.8) is 0 Å². The Kier molecular flexibility index (Phi) is 3.71. The number of fused-ring (bicyclic) bond motifs is 1. The molecule has 0 saturated carbocycles. The van der Waals surface area contributed by atoms with Gasteiger partial charge in [-0.2, -0.15) is 5.10 Å². The zero-order valence-electron chi connectivity index (χ0n) is 14.0. The van der Waals surface area contributed by atoms with E-state index in [0.717, 1.165) is 0 Å². The van der Waals surface area contributed by atoms with Crippen molar-refractivity contribution in [2.75, 3.05) is 33.3 Å². The van der Waals surface area contributed by atoms with Crippen LogP contribution in [-0.2, 0) is 18.3 Å². The van der Waals surface area contributed by atoms with Crippen molar-refractivity contribution in [3.05, 3.63) is 23.3 Å². The van der Waals surface area contributed by atoms with E-state index in [1.165, 1.54) is 4.68 Å². The van der Waals surface area contributed by atoms with E-state index in [2.05, 4.69) is 20.6 Å². The van der Waals surface area contributed by atoms with E-state index in [9.17, 15) is 9.59 Å². The van der Waals surface area contributed by atoms with Gasteiger partial charge in [0.05, 0.1) is 19.7 Å². The maximum atomic E-state index is 12.8. The third kappa shape index (κ3) is 2.65. The maximum Gasteiger partial charge on any atom is 0.274 e. The van der Waals surface area contributed by atoms with Crippen LogP contribution < -0.4 is 0 Å². The van der Waals surface area contributed by atoms with Gasteiger partial charge in [0.25, 0.3) is 11.8 Å². The topological polar surface area (TPSA) is 111 Å². The first-order chi connectivity index (χ1) is 12.0. The molecule has 0 radical (unpaired) electrons. The van der Waals surface area contributed by atoms with Crippen LogP contribution >= 0.6 is 0 Å². The van der Waals surface area contributed by atoms with Crippen molar-refractivity contribution in [1.29, 1.82) is 0 Å². The van der Waals surface area contributed by atoms with Crippen LogP contribution in [0.2, 0.25) is 0 Å². The lowest BCUT2D eigenvalue weighted by atomic mass is 10.2. The number of aryl methyl sites for hydroxylation is 1. The standard InChI is InChI=1S/C14H18N8O3/c1-19-3-4-22-10(14(19)24)7-9(16-22)13(23)21-5-6-25-11(8-21)12-15-17-18-20(12)2/h7,11H,3-6,8H2,1-2H3. The minimum Gasteiger partial charge on any atom is -0.366 e. The van der Waals surface area contributed by atoms with Crippen molar-refractivity contribution in [3.8, 4) is 0 Å². The highest BCUT2D eigenvalue weighted by Crippen LogP contribution is 2.21. The summed E-state index contributed by atoms with van der Waals surface area (Å²) in [5, 5.41) is 15.7. The Bertz CT molecular complexity index is 828. The van der Waals surface area contributed by atoms with Gasteiger partial charge in [0, 0.05) is 33.3 Å². The van der Waals surface area contributed by atoms with Crippen molar-refractivity contribution >= 4 is 11.8 Å². The second kappa shape index (κ2) is 5.92. The fourth-order valence-electron chi connectivity index (χ4n) is 3.07. The van der Waals surface area contributed by atoms with Crippen LogP contribution in [0.5, 0.6) is 0 Å². The molecule has 1 atom stereocenters. The van der Waals surface area contributed by atoms with Gasteiger partial charge in [-0.1, -0.05) is 0 Å². The first kappa shape index (κ1) is 15.7. The number of likely N-dealkylation sites (N-methyl/N-ethyl adjacent to an activating group) is 1. The summed E-state index contributed by atoms with van der Waals surface area (Å²) in [5.41, 5.74) is 0.717. The number of amides is 2. The average molecular weight is 346 g/mol. The Morgan fingerprint density at radius 1 is 1.28 bits per heavy atom. The highest BCUT2D eigenvalue weighted by molar-refractivity contribution is 5.98. The molecule has 0 spiro atoms. The second-order valence-corrected chi connectivity index (χ2v) is 6.14. The molecule has 11 nitrogen and oxygen atoms in total. The average Bonchev–Trinajstić information content (AvgIpc) is 3.24. The number of rotatable bonds is 2. The molecule has 4 rings (SSSR count). The summed E-state index contributed by atoms with van der Waals surface area (Å²) < 4.78 is 8.82. The van der Waals surface area contributed by atoms with Crippen molar-refractivity contribution in [1.82, 2.24) is 39.8 Å². The quantitative estimate of drug-likeness (QED) is 0.665. The number of tetrazole rings is 1. The van der Waals surface area contributed by atoms with E-state index >= 15 is 0 Å². The number of nitrogens with zero attached hydrogens (tertiary/aromatic N) is 8. The van der Waals surface area contributed by atoms with E-state index in [1.807, 2.05) is 0 Å². The van der Waals surface area contributed by atoms with Crippen molar-refractivity contribution in [2.45, 2.75) is 12.6 Å². The van der Waals surface area contributed by atoms with Crippen LogP contribution in [-0.4, -0.2) is 84.9 Å². The first-order valence-electron chi connectivity index (χ1n) is 8.01. The second-order valence-electron chi connectivity index (χ2n) is 6.14. The predicted octanol–water partition coefficient (Wildman–Crippen LogP) is -1.29. The Morgan fingerprint density at radius 3 is 2.88 bits per heavy atom. The lowest BCUT2D eigenvalue weighted by Crippen LogP contribution is -2.43. The molecule has 11 heteroatoms. The van der Waals surface area contributed by atoms with Gasteiger partial charge in [-0.3, -0.25) is 14.3 Å². The number of carbonyl (C=O) groups excluding carboxylic acids is 2. The molecule has 132 valence electrons. The smallest absolute Gasteiger partial charge is 0.274 e. The van der Waals surface area contributed by atoms with Gasteiger partial charge in [0.2, 0.25) is 0 Å². The lowest BCUT2D eigenvalue weighted by Gasteiger charge is -2.31. The van der Waals surface area contributed by atoms with Gasteiger partial charge >= 0.3 is 0 Å². The minimum absolute atomic E-state index is 0.122. The van der Waals surface area contributed by atoms with E-state index in [4.69, 9.17) is 4.74 Å². The van der Waals surface area contributed by atoms with Crippen LogP contribution in [0.3, 0.4) is 0 Å². The van der Waals surface area contributed by atoms with Gasteiger partial charge in [0.1, 0.15) is 11.8 Å². The largest absolute Gasteiger partial charge is 0.366 e. The molecule has 2 aliphatic heterocycles. The van der Waals surface area contributed by atoms with Gasteiger partial charge in [0.15, 0.2) is 11.5 Å². The highest BCUT2D eigenvalue weighted by Gasteiger charge is 2.32. The van der Waals surface area contributed by atoms with E-state index in [1.54, 1.807) is 34.6 Å². The summed E-state index contributed by atoms with van der Waals surface area (Å²) in [4.78, 5) is 28.3. The van der Waals surface area contributed by atoms with Crippen LogP contribution in [0.25, 0.3) is 0 Å². The van der Waals surface area contributed by atoms with Gasteiger partial charge in [-0.05, 0) is 10.4 Å². The number of hydrogen-bond acceptors (Lipinski definition) is 7. The maximum absolute atomic E-state index is 12.8. The third-order valence-corrected chi connectivity index (χ3v) is 4.51. The molecule has 1 fully saturated rings. The molecule has 0 bridgehead atoms. The van der Waals surface area contributed by atoms with E-state index in [0.29, 0.717) is 44.3 Å². The summed E-state index contributed by atoms with van der Waals surface area (Å²) >= 11 is 0. The molecule has 4 heterocycles. The zero-order chi connectivity index (χ0) is 17.6. The number of morpholine rings is 1. The van der Waals surface area contributed by atoms with E-state index < -0.39 is 0 Å².